The maximum absolute atomic E-state index is 5.54. The minimum Gasteiger partial charge on any atom is -0.274 e. The second kappa shape index (κ2) is 6.30. The van der Waals surface area contributed by atoms with Gasteiger partial charge in [-0.25, -0.2) is 0 Å². The predicted molar refractivity (Wildman–Crippen MR) is 73.4 cm³/mol. The van der Waals surface area contributed by atoms with Gasteiger partial charge in [-0.1, -0.05) is 23.8 Å². The van der Waals surface area contributed by atoms with Gasteiger partial charge in [0.05, 0.1) is 0 Å². The van der Waals surface area contributed by atoms with E-state index in [1.807, 2.05) is 24.3 Å². The lowest BCUT2D eigenvalue weighted by molar-refractivity contribution is 1.37. The fraction of sp³-hybridized carbons (Fsp3) is 0.154. The van der Waals surface area contributed by atoms with Crippen molar-refractivity contribution in [2.75, 3.05) is 0 Å². The van der Waals surface area contributed by atoms with Gasteiger partial charge in [-0.05, 0) is 55.8 Å². The summed E-state index contributed by atoms with van der Waals surface area (Å²) < 4.78 is 0. The van der Waals surface area contributed by atoms with E-state index in [-0.39, 0.29) is 0 Å². The van der Waals surface area contributed by atoms with Crippen molar-refractivity contribution in [3.63, 3.8) is 0 Å². The molecule has 0 aliphatic rings. The summed E-state index contributed by atoms with van der Waals surface area (Å²) in [6, 6.07) is 8.05. The molecule has 2 N–H and O–H groups in total. The molecule has 0 saturated heterocycles. The van der Waals surface area contributed by atoms with Crippen LogP contribution < -0.4 is 5.14 Å². The summed E-state index contributed by atoms with van der Waals surface area (Å²) in [5.74, 6) is 0. The van der Waals surface area contributed by atoms with E-state index in [0.29, 0.717) is 0 Å². The van der Waals surface area contributed by atoms with Gasteiger partial charge >= 0.3 is 0 Å². The molecule has 16 heavy (non-hydrogen) atoms. The van der Waals surface area contributed by atoms with Crippen LogP contribution in [0.1, 0.15) is 19.4 Å². The van der Waals surface area contributed by atoms with Crippen molar-refractivity contribution in [1.82, 2.24) is 0 Å². The maximum Gasteiger partial charge on any atom is 0.0339 e. The second-order valence-corrected chi connectivity index (χ2v) is 4.34. The molecule has 84 valence electrons. The minimum atomic E-state index is 1.04. The zero-order chi connectivity index (χ0) is 12.0. The first-order chi connectivity index (χ1) is 7.67. The highest BCUT2D eigenvalue weighted by atomic mass is 32.2. The van der Waals surface area contributed by atoms with E-state index in [4.69, 9.17) is 5.14 Å². The Morgan fingerprint density at radius 1 is 1.44 bits per heavy atom. The topological polar surface area (TPSA) is 38.4 Å². The Morgan fingerprint density at radius 3 is 2.75 bits per heavy atom. The van der Waals surface area contributed by atoms with Crippen molar-refractivity contribution < 1.29 is 0 Å². The van der Waals surface area contributed by atoms with Gasteiger partial charge in [-0.2, -0.15) is 0 Å². The molecular formula is C13H16N2S. The Hall–Kier alpha value is -1.32. The highest BCUT2D eigenvalue weighted by molar-refractivity contribution is 7.97. The third kappa shape index (κ3) is 3.68. The van der Waals surface area contributed by atoms with Gasteiger partial charge in [-0.15, -0.1) is 0 Å². The molecular weight excluding hydrogens is 216 g/mol. The molecule has 0 spiro atoms. The average Bonchev–Trinajstić information content (AvgIpc) is 2.28. The number of hydrogen-bond donors (Lipinski definition) is 1. The second-order valence-electron chi connectivity index (χ2n) is 3.63. The van der Waals surface area contributed by atoms with Crippen LogP contribution in [0.3, 0.4) is 0 Å². The number of aliphatic imine (C=N–C) groups is 1. The van der Waals surface area contributed by atoms with Gasteiger partial charge in [0, 0.05) is 11.1 Å². The SMILES string of the molecule is C=N/C=C(\C=C(C)C)c1cccc(SN)c1. The summed E-state index contributed by atoms with van der Waals surface area (Å²) in [5, 5.41) is 5.54. The van der Waals surface area contributed by atoms with Crippen LogP contribution in [0.5, 0.6) is 0 Å². The molecule has 3 heteroatoms. The van der Waals surface area contributed by atoms with Crippen molar-refractivity contribution in [3.8, 4) is 0 Å². The molecule has 0 fully saturated rings. The maximum atomic E-state index is 5.54. The molecule has 1 rings (SSSR count). The smallest absolute Gasteiger partial charge is 0.0339 e. The van der Waals surface area contributed by atoms with Crippen LogP contribution in [0.2, 0.25) is 0 Å². The van der Waals surface area contributed by atoms with Gasteiger partial charge < -0.3 is 0 Å². The Bertz CT molecular complexity index is 429. The third-order valence-corrected chi connectivity index (χ3v) is 2.50. The molecule has 0 atom stereocenters. The van der Waals surface area contributed by atoms with E-state index in [1.165, 1.54) is 17.5 Å². The zero-order valence-electron chi connectivity index (χ0n) is 9.60. The van der Waals surface area contributed by atoms with Crippen LogP contribution in [0.25, 0.3) is 5.57 Å². The zero-order valence-corrected chi connectivity index (χ0v) is 10.4. The van der Waals surface area contributed by atoms with E-state index >= 15 is 0 Å². The van der Waals surface area contributed by atoms with Crippen molar-refractivity contribution in [2.24, 2.45) is 10.1 Å². The van der Waals surface area contributed by atoms with Gasteiger partial charge in [-0.3, -0.25) is 10.1 Å². The molecule has 2 nitrogen and oxygen atoms in total. The van der Waals surface area contributed by atoms with E-state index in [1.54, 1.807) is 6.20 Å². The number of hydrogen-bond acceptors (Lipinski definition) is 3. The van der Waals surface area contributed by atoms with Gasteiger partial charge in [0.1, 0.15) is 0 Å². The lowest BCUT2D eigenvalue weighted by atomic mass is 10.0. The summed E-state index contributed by atoms with van der Waals surface area (Å²) >= 11 is 1.24. The third-order valence-electron chi connectivity index (χ3n) is 1.98. The molecule has 0 aromatic heterocycles. The first-order valence-electron chi connectivity index (χ1n) is 4.95. The van der Waals surface area contributed by atoms with Crippen LogP contribution in [0, 0.1) is 0 Å². The highest BCUT2D eigenvalue weighted by Crippen LogP contribution is 2.22. The molecule has 0 aliphatic heterocycles. The number of rotatable bonds is 4. The Kier molecular flexibility index (Phi) is 5.02. The number of benzene rings is 1. The summed E-state index contributed by atoms with van der Waals surface area (Å²) in [7, 11) is 0. The molecule has 0 unspecified atom stereocenters. The molecule has 0 saturated carbocycles. The van der Waals surface area contributed by atoms with Crippen LogP contribution >= 0.6 is 11.9 Å². The quantitative estimate of drug-likeness (QED) is 0.489. The van der Waals surface area contributed by atoms with E-state index in [2.05, 4.69) is 31.6 Å². The molecule has 0 bridgehead atoms. The van der Waals surface area contributed by atoms with Crippen LogP contribution in [0.15, 0.2) is 52.0 Å². The summed E-state index contributed by atoms with van der Waals surface area (Å²) in [6.07, 6.45) is 3.84. The van der Waals surface area contributed by atoms with Crippen molar-refractivity contribution >= 4 is 24.2 Å². The number of allylic oxidation sites excluding steroid dienone is 3. The van der Waals surface area contributed by atoms with Gasteiger partial charge in [0.2, 0.25) is 0 Å². The monoisotopic (exact) mass is 232 g/mol. The van der Waals surface area contributed by atoms with Crippen LogP contribution in [0.4, 0.5) is 0 Å². The predicted octanol–water partition coefficient (Wildman–Crippen LogP) is 3.66. The largest absolute Gasteiger partial charge is 0.274 e. The lowest BCUT2D eigenvalue weighted by Gasteiger charge is -2.04. The molecule has 1 aromatic rings. The van der Waals surface area contributed by atoms with Crippen molar-refractivity contribution in [3.05, 3.63) is 47.7 Å². The molecule has 0 aliphatic carbocycles. The minimum absolute atomic E-state index is 1.04. The summed E-state index contributed by atoms with van der Waals surface area (Å²) in [6.45, 7) is 7.60. The molecule has 0 amide bonds. The first kappa shape index (κ1) is 12.7. The van der Waals surface area contributed by atoms with Crippen molar-refractivity contribution in [2.45, 2.75) is 18.7 Å². The number of nitrogens with zero attached hydrogens (tertiary/aromatic N) is 1. The van der Waals surface area contributed by atoms with E-state index in [0.717, 1.165) is 16.0 Å². The standard InChI is InChI=1S/C13H16N2S/c1-10(2)7-12(9-15-3)11-5-4-6-13(8-11)16-14/h4-9H,3,14H2,1-2H3/b12-9+. The Labute approximate surface area is 101 Å². The number of nitrogens with two attached hydrogens (primary N) is 1. The lowest BCUT2D eigenvalue weighted by Crippen LogP contribution is -1.85. The van der Waals surface area contributed by atoms with Crippen LogP contribution in [-0.2, 0) is 0 Å². The molecule has 0 radical (unpaired) electrons. The summed E-state index contributed by atoms with van der Waals surface area (Å²) in [4.78, 5) is 4.86. The summed E-state index contributed by atoms with van der Waals surface area (Å²) in [5.41, 5.74) is 3.37. The molecule has 0 heterocycles. The van der Waals surface area contributed by atoms with Crippen molar-refractivity contribution in [1.29, 1.82) is 0 Å². The van der Waals surface area contributed by atoms with Gasteiger partial charge in [0.15, 0.2) is 0 Å². The fourth-order valence-electron chi connectivity index (χ4n) is 1.35. The Morgan fingerprint density at radius 2 is 2.19 bits per heavy atom. The normalized spacial score (nSPS) is 11.1. The van der Waals surface area contributed by atoms with Gasteiger partial charge in [0.25, 0.3) is 0 Å². The Balaban J connectivity index is 3.16. The first-order valence-corrected chi connectivity index (χ1v) is 5.83. The molecule has 1 aromatic carbocycles. The fourth-order valence-corrected chi connectivity index (χ4v) is 1.71. The van der Waals surface area contributed by atoms with Crippen LogP contribution in [-0.4, -0.2) is 6.72 Å². The van der Waals surface area contributed by atoms with E-state index in [9.17, 15) is 0 Å². The highest BCUT2D eigenvalue weighted by Gasteiger charge is 1.99. The van der Waals surface area contributed by atoms with E-state index < -0.39 is 0 Å². The average molecular weight is 232 g/mol.